The molecule has 0 atom stereocenters. The molecule has 0 saturated carbocycles. The first-order valence-electron chi connectivity index (χ1n) is 7.04. The third-order valence-corrected chi connectivity index (χ3v) is 4.35. The fraction of sp³-hybridized carbons (Fsp3) is 0.294. The molecule has 0 spiro atoms. The van der Waals surface area contributed by atoms with Crippen LogP contribution in [-0.2, 0) is 9.84 Å². The van der Waals surface area contributed by atoms with E-state index in [0.717, 1.165) is 6.54 Å². The van der Waals surface area contributed by atoms with Crippen LogP contribution in [0.3, 0.4) is 0 Å². The standard InChI is InChI=1S/C17H21NO2S/c1-21(19,20)13-12-18-14-17(15-8-4-2-5-9-15)16-10-6-3-7-11-16/h2-11,17-18H,12-14H2,1H3. The summed E-state index contributed by atoms with van der Waals surface area (Å²) in [6.45, 7) is 1.21. The molecule has 2 aromatic rings. The molecule has 0 fully saturated rings. The summed E-state index contributed by atoms with van der Waals surface area (Å²) in [6.07, 6.45) is 1.26. The minimum atomic E-state index is -2.91. The predicted molar refractivity (Wildman–Crippen MR) is 87.3 cm³/mol. The summed E-state index contributed by atoms with van der Waals surface area (Å²) < 4.78 is 22.4. The van der Waals surface area contributed by atoms with E-state index in [-0.39, 0.29) is 11.7 Å². The van der Waals surface area contributed by atoms with Crippen molar-refractivity contribution in [3.05, 3.63) is 71.8 Å². The molecule has 0 aromatic heterocycles. The Bertz CT molecular complexity index is 600. The number of sulfone groups is 1. The van der Waals surface area contributed by atoms with Gasteiger partial charge in [0.05, 0.1) is 5.75 Å². The lowest BCUT2D eigenvalue weighted by Crippen LogP contribution is -2.27. The molecule has 112 valence electrons. The highest BCUT2D eigenvalue weighted by Gasteiger charge is 2.13. The molecule has 0 amide bonds. The normalized spacial score (nSPS) is 11.7. The van der Waals surface area contributed by atoms with Gasteiger partial charge in [-0.2, -0.15) is 0 Å². The maximum atomic E-state index is 11.2. The average Bonchev–Trinajstić information content (AvgIpc) is 2.48. The van der Waals surface area contributed by atoms with Crippen LogP contribution in [0.1, 0.15) is 17.0 Å². The molecule has 0 unspecified atom stereocenters. The minimum absolute atomic E-state index is 0.170. The quantitative estimate of drug-likeness (QED) is 0.799. The monoisotopic (exact) mass is 303 g/mol. The summed E-state index contributed by atoms with van der Waals surface area (Å²) in [6, 6.07) is 20.6. The lowest BCUT2D eigenvalue weighted by molar-refractivity contribution is 0.593. The second kappa shape index (κ2) is 7.38. The Morgan fingerprint density at radius 2 is 1.38 bits per heavy atom. The van der Waals surface area contributed by atoms with Crippen LogP contribution in [0.5, 0.6) is 0 Å². The lowest BCUT2D eigenvalue weighted by Gasteiger charge is -2.18. The van der Waals surface area contributed by atoms with Gasteiger partial charge in [0.1, 0.15) is 9.84 Å². The van der Waals surface area contributed by atoms with Crippen molar-refractivity contribution in [2.45, 2.75) is 5.92 Å². The van der Waals surface area contributed by atoms with Crippen LogP contribution in [-0.4, -0.2) is 33.5 Å². The van der Waals surface area contributed by atoms with Crippen LogP contribution in [0.25, 0.3) is 0 Å². The van der Waals surface area contributed by atoms with Gasteiger partial charge in [-0.3, -0.25) is 0 Å². The van der Waals surface area contributed by atoms with E-state index in [9.17, 15) is 8.42 Å². The van der Waals surface area contributed by atoms with Crippen molar-refractivity contribution in [3.63, 3.8) is 0 Å². The summed E-state index contributed by atoms with van der Waals surface area (Å²) >= 11 is 0. The molecule has 0 heterocycles. The Kier molecular flexibility index (Phi) is 5.53. The van der Waals surface area contributed by atoms with Crippen LogP contribution in [0.2, 0.25) is 0 Å². The van der Waals surface area contributed by atoms with Crippen molar-refractivity contribution in [2.24, 2.45) is 0 Å². The van der Waals surface area contributed by atoms with Gasteiger partial charge in [-0.25, -0.2) is 8.42 Å². The molecular formula is C17H21NO2S. The molecule has 0 bridgehead atoms. The maximum Gasteiger partial charge on any atom is 0.148 e. The van der Waals surface area contributed by atoms with Crippen molar-refractivity contribution < 1.29 is 8.42 Å². The zero-order valence-electron chi connectivity index (χ0n) is 12.2. The first kappa shape index (κ1) is 15.7. The van der Waals surface area contributed by atoms with E-state index < -0.39 is 9.84 Å². The van der Waals surface area contributed by atoms with Crippen LogP contribution in [0, 0.1) is 0 Å². The van der Waals surface area contributed by atoms with Crippen LogP contribution < -0.4 is 5.32 Å². The third kappa shape index (κ3) is 5.33. The van der Waals surface area contributed by atoms with E-state index >= 15 is 0 Å². The molecule has 0 radical (unpaired) electrons. The highest BCUT2D eigenvalue weighted by molar-refractivity contribution is 7.90. The smallest absolute Gasteiger partial charge is 0.148 e. The zero-order valence-corrected chi connectivity index (χ0v) is 13.0. The summed E-state index contributed by atoms with van der Waals surface area (Å²) in [7, 11) is -2.91. The van der Waals surface area contributed by atoms with Gasteiger partial charge in [0.25, 0.3) is 0 Å². The summed E-state index contributed by atoms with van der Waals surface area (Å²) in [5.74, 6) is 0.399. The van der Waals surface area contributed by atoms with E-state index in [0.29, 0.717) is 6.54 Å². The highest BCUT2D eigenvalue weighted by atomic mass is 32.2. The van der Waals surface area contributed by atoms with E-state index in [2.05, 4.69) is 29.6 Å². The Hall–Kier alpha value is -1.65. The van der Waals surface area contributed by atoms with Gasteiger partial charge in [0, 0.05) is 25.3 Å². The number of rotatable bonds is 7. The first-order valence-corrected chi connectivity index (χ1v) is 9.10. The Morgan fingerprint density at radius 3 is 1.81 bits per heavy atom. The Labute approximate surface area is 126 Å². The lowest BCUT2D eigenvalue weighted by atomic mass is 9.91. The van der Waals surface area contributed by atoms with Crippen LogP contribution in [0.15, 0.2) is 60.7 Å². The van der Waals surface area contributed by atoms with Crippen molar-refractivity contribution >= 4 is 9.84 Å². The van der Waals surface area contributed by atoms with Crippen molar-refractivity contribution in [1.82, 2.24) is 5.32 Å². The highest BCUT2D eigenvalue weighted by Crippen LogP contribution is 2.23. The van der Waals surface area contributed by atoms with Crippen molar-refractivity contribution in [2.75, 3.05) is 25.1 Å². The SMILES string of the molecule is CS(=O)(=O)CCNCC(c1ccccc1)c1ccccc1. The molecule has 3 nitrogen and oxygen atoms in total. The summed E-state index contributed by atoms with van der Waals surface area (Å²) in [5, 5.41) is 3.26. The second-order valence-electron chi connectivity index (χ2n) is 5.21. The predicted octanol–water partition coefficient (Wildman–Crippen LogP) is 2.45. The second-order valence-corrected chi connectivity index (χ2v) is 7.47. The third-order valence-electron chi connectivity index (χ3n) is 3.40. The molecular weight excluding hydrogens is 282 g/mol. The van der Waals surface area contributed by atoms with Crippen LogP contribution in [0.4, 0.5) is 0 Å². The number of benzene rings is 2. The Balaban J connectivity index is 2.07. The number of nitrogens with one attached hydrogen (secondary N) is 1. The zero-order chi connectivity index (χ0) is 15.1. The van der Waals surface area contributed by atoms with Crippen molar-refractivity contribution in [1.29, 1.82) is 0 Å². The van der Waals surface area contributed by atoms with Gasteiger partial charge >= 0.3 is 0 Å². The molecule has 2 aromatic carbocycles. The van der Waals surface area contributed by atoms with Crippen LogP contribution >= 0.6 is 0 Å². The number of hydrogen-bond acceptors (Lipinski definition) is 3. The van der Waals surface area contributed by atoms with E-state index in [1.807, 2.05) is 36.4 Å². The van der Waals surface area contributed by atoms with Gasteiger partial charge in [0.2, 0.25) is 0 Å². The summed E-state index contributed by atoms with van der Waals surface area (Å²) in [4.78, 5) is 0. The van der Waals surface area contributed by atoms with Gasteiger partial charge in [-0.05, 0) is 11.1 Å². The van der Waals surface area contributed by atoms with Crippen molar-refractivity contribution in [3.8, 4) is 0 Å². The molecule has 2 rings (SSSR count). The van der Waals surface area contributed by atoms with Gasteiger partial charge in [-0.1, -0.05) is 60.7 Å². The van der Waals surface area contributed by atoms with E-state index in [4.69, 9.17) is 0 Å². The molecule has 21 heavy (non-hydrogen) atoms. The van der Waals surface area contributed by atoms with Gasteiger partial charge < -0.3 is 5.32 Å². The molecule has 0 aliphatic carbocycles. The minimum Gasteiger partial charge on any atom is -0.315 e. The molecule has 0 aliphatic heterocycles. The first-order chi connectivity index (χ1) is 10.1. The fourth-order valence-corrected chi connectivity index (χ4v) is 2.82. The average molecular weight is 303 g/mol. The topological polar surface area (TPSA) is 46.2 Å². The molecule has 1 N–H and O–H groups in total. The molecule has 0 aliphatic rings. The van der Waals surface area contributed by atoms with Gasteiger partial charge in [0.15, 0.2) is 0 Å². The largest absolute Gasteiger partial charge is 0.315 e. The van der Waals surface area contributed by atoms with Gasteiger partial charge in [-0.15, -0.1) is 0 Å². The molecule has 4 heteroatoms. The van der Waals surface area contributed by atoms with E-state index in [1.165, 1.54) is 17.4 Å². The molecule has 0 saturated heterocycles. The number of hydrogen-bond donors (Lipinski definition) is 1. The Morgan fingerprint density at radius 1 is 0.905 bits per heavy atom. The summed E-state index contributed by atoms with van der Waals surface area (Å²) in [5.41, 5.74) is 2.46. The fourth-order valence-electron chi connectivity index (χ4n) is 2.30. The maximum absolute atomic E-state index is 11.2. The van der Waals surface area contributed by atoms with E-state index in [1.54, 1.807) is 0 Å².